The van der Waals surface area contributed by atoms with Crippen LogP contribution in [-0.4, -0.2) is 15.8 Å². The fourth-order valence-electron chi connectivity index (χ4n) is 1.62. The van der Waals surface area contributed by atoms with Crippen molar-refractivity contribution < 1.29 is 5.11 Å². The van der Waals surface area contributed by atoms with Gasteiger partial charge in [0, 0.05) is 17.5 Å². The molecule has 1 aromatic heterocycles. The lowest BCUT2D eigenvalue weighted by molar-refractivity contribution is 0.510. The molecule has 1 aromatic rings. The second kappa shape index (κ2) is 6.84. The first-order valence-corrected chi connectivity index (χ1v) is 6.06. The van der Waals surface area contributed by atoms with Gasteiger partial charge in [-0.3, -0.25) is 9.98 Å². The van der Waals surface area contributed by atoms with Crippen molar-refractivity contribution in [2.24, 2.45) is 4.99 Å². The van der Waals surface area contributed by atoms with Gasteiger partial charge < -0.3 is 5.11 Å². The standard InChI is InChI=1S/C14H20N2O/c1-4-6-11(3)16-13-10-15-9-8-12(13)14(17)7-5-2/h7-10,17H,4-6H2,1-3H3/b14-7+,16-11?. The lowest BCUT2D eigenvalue weighted by Gasteiger charge is -2.05. The van der Waals surface area contributed by atoms with Gasteiger partial charge in [-0.25, -0.2) is 0 Å². The summed E-state index contributed by atoms with van der Waals surface area (Å²) < 4.78 is 0. The van der Waals surface area contributed by atoms with Crippen molar-refractivity contribution in [3.8, 4) is 0 Å². The minimum absolute atomic E-state index is 0.276. The van der Waals surface area contributed by atoms with E-state index in [0.29, 0.717) is 0 Å². The number of rotatable bonds is 5. The van der Waals surface area contributed by atoms with Crippen LogP contribution in [-0.2, 0) is 0 Å². The number of aromatic nitrogens is 1. The summed E-state index contributed by atoms with van der Waals surface area (Å²) in [5.41, 5.74) is 2.55. The number of hydrogen-bond donors (Lipinski definition) is 1. The Balaban J connectivity index is 3.08. The van der Waals surface area contributed by atoms with Crippen LogP contribution < -0.4 is 0 Å². The van der Waals surface area contributed by atoms with E-state index in [1.54, 1.807) is 24.5 Å². The molecule has 0 radical (unpaired) electrons. The van der Waals surface area contributed by atoms with Gasteiger partial charge >= 0.3 is 0 Å². The van der Waals surface area contributed by atoms with Crippen LogP contribution in [0, 0.1) is 0 Å². The predicted molar refractivity (Wildman–Crippen MR) is 72.8 cm³/mol. The minimum atomic E-state index is 0.276. The summed E-state index contributed by atoms with van der Waals surface area (Å²) in [6.07, 6.45) is 7.97. The fraction of sp³-hybridized carbons (Fsp3) is 0.429. The maximum atomic E-state index is 9.91. The Kier molecular flexibility index (Phi) is 5.40. The van der Waals surface area contributed by atoms with E-state index in [1.165, 1.54) is 0 Å². The van der Waals surface area contributed by atoms with E-state index in [9.17, 15) is 5.11 Å². The average Bonchev–Trinajstić information content (AvgIpc) is 2.30. The molecule has 1 heterocycles. The normalized spacial score (nSPS) is 12.9. The van der Waals surface area contributed by atoms with Crippen molar-refractivity contribution in [1.82, 2.24) is 4.98 Å². The van der Waals surface area contributed by atoms with Gasteiger partial charge in [-0.15, -0.1) is 0 Å². The Labute approximate surface area is 103 Å². The lowest BCUT2D eigenvalue weighted by Crippen LogP contribution is -1.91. The van der Waals surface area contributed by atoms with Crippen LogP contribution in [0.15, 0.2) is 29.5 Å². The number of aliphatic imine (C=N–C) groups is 1. The number of hydrogen-bond acceptors (Lipinski definition) is 3. The van der Waals surface area contributed by atoms with Crippen molar-refractivity contribution in [2.45, 2.75) is 40.0 Å². The first kappa shape index (κ1) is 13.4. The van der Waals surface area contributed by atoms with Crippen LogP contribution in [0.25, 0.3) is 5.76 Å². The van der Waals surface area contributed by atoms with Crippen molar-refractivity contribution >= 4 is 17.2 Å². The molecular formula is C14H20N2O. The number of nitrogens with zero attached hydrogens (tertiary/aromatic N) is 2. The summed E-state index contributed by atoms with van der Waals surface area (Å²) in [4.78, 5) is 8.56. The summed E-state index contributed by atoms with van der Waals surface area (Å²) in [5.74, 6) is 0.276. The van der Waals surface area contributed by atoms with Gasteiger partial charge in [-0.2, -0.15) is 0 Å². The van der Waals surface area contributed by atoms with Gasteiger partial charge in [0.05, 0.1) is 11.9 Å². The van der Waals surface area contributed by atoms with E-state index < -0.39 is 0 Å². The van der Waals surface area contributed by atoms with Crippen LogP contribution in [0.1, 0.15) is 45.6 Å². The molecule has 0 atom stereocenters. The molecular weight excluding hydrogens is 212 g/mol. The van der Waals surface area contributed by atoms with Gasteiger partial charge in [0.2, 0.25) is 0 Å². The SMILES string of the molecule is CC/C=C(/O)c1ccncc1N=C(C)CCC. The lowest BCUT2D eigenvalue weighted by atomic mass is 10.1. The van der Waals surface area contributed by atoms with Gasteiger partial charge in [-0.1, -0.05) is 20.3 Å². The van der Waals surface area contributed by atoms with Crippen LogP contribution in [0.4, 0.5) is 5.69 Å². The molecule has 0 amide bonds. The van der Waals surface area contributed by atoms with E-state index in [0.717, 1.165) is 36.2 Å². The highest BCUT2D eigenvalue weighted by Gasteiger charge is 2.05. The van der Waals surface area contributed by atoms with Crippen molar-refractivity contribution in [2.75, 3.05) is 0 Å². The largest absolute Gasteiger partial charge is 0.508 e. The molecule has 92 valence electrons. The minimum Gasteiger partial charge on any atom is -0.508 e. The zero-order valence-corrected chi connectivity index (χ0v) is 10.8. The quantitative estimate of drug-likeness (QED) is 0.608. The second-order valence-electron chi connectivity index (χ2n) is 3.99. The highest BCUT2D eigenvalue weighted by molar-refractivity contribution is 5.86. The summed E-state index contributed by atoms with van der Waals surface area (Å²) in [6, 6.07) is 1.79. The van der Waals surface area contributed by atoms with Crippen molar-refractivity contribution in [3.05, 3.63) is 30.1 Å². The summed E-state index contributed by atoms with van der Waals surface area (Å²) >= 11 is 0. The number of pyridine rings is 1. The number of aliphatic hydroxyl groups excluding tert-OH is 1. The molecule has 0 unspecified atom stereocenters. The van der Waals surface area contributed by atoms with Crippen molar-refractivity contribution in [3.63, 3.8) is 0 Å². The number of aliphatic hydroxyl groups is 1. The molecule has 17 heavy (non-hydrogen) atoms. The van der Waals surface area contributed by atoms with Gasteiger partial charge in [0.1, 0.15) is 5.76 Å². The Morgan fingerprint density at radius 3 is 2.88 bits per heavy atom. The fourth-order valence-corrected chi connectivity index (χ4v) is 1.62. The Morgan fingerprint density at radius 2 is 2.24 bits per heavy atom. The molecule has 0 aliphatic heterocycles. The van der Waals surface area contributed by atoms with Crippen molar-refractivity contribution in [1.29, 1.82) is 0 Å². The second-order valence-corrected chi connectivity index (χ2v) is 3.99. The highest BCUT2D eigenvalue weighted by atomic mass is 16.3. The smallest absolute Gasteiger partial charge is 0.121 e. The zero-order valence-electron chi connectivity index (χ0n) is 10.8. The van der Waals surface area contributed by atoms with E-state index >= 15 is 0 Å². The predicted octanol–water partition coefficient (Wildman–Crippen LogP) is 4.28. The van der Waals surface area contributed by atoms with E-state index in [-0.39, 0.29) is 5.76 Å². The van der Waals surface area contributed by atoms with Crippen LogP contribution in [0.5, 0.6) is 0 Å². The van der Waals surface area contributed by atoms with E-state index in [4.69, 9.17) is 0 Å². The third-order valence-corrected chi connectivity index (χ3v) is 2.40. The van der Waals surface area contributed by atoms with Gasteiger partial charge in [-0.05, 0) is 31.9 Å². The average molecular weight is 232 g/mol. The molecule has 0 saturated heterocycles. The molecule has 3 nitrogen and oxygen atoms in total. The molecule has 0 fully saturated rings. The third-order valence-electron chi connectivity index (χ3n) is 2.40. The molecule has 1 N–H and O–H groups in total. The molecule has 0 saturated carbocycles. The Hall–Kier alpha value is -1.64. The van der Waals surface area contributed by atoms with E-state index in [2.05, 4.69) is 16.9 Å². The Bertz CT molecular complexity index is 422. The summed E-state index contributed by atoms with van der Waals surface area (Å²) in [7, 11) is 0. The van der Waals surface area contributed by atoms with E-state index in [1.807, 2.05) is 13.8 Å². The maximum absolute atomic E-state index is 9.91. The van der Waals surface area contributed by atoms with Crippen LogP contribution in [0.3, 0.4) is 0 Å². The number of allylic oxidation sites excluding steroid dienone is 1. The first-order valence-electron chi connectivity index (χ1n) is 6.06. The molecule has 0 bridgehead atoms. The summed E-state index contributed by atoms with van der Waals surface area (Å²) in [5, 5.41) is 9.91. The molecule has 0 aromatic carbocycles. The third kappa shape index (κ3) is 4.02. The maximum Gasteiger partial charge on any atom is 0.121 e. The van der Waals surface area contributed by atoms with Gasteiger partial charge in [0.15, 0.2) is 0 Å². The van der Waals surface area contributed by atoms with Gasteiger partial charge in [0.25, 0.3) is 0 Å². The zero-order chi connectivity index (χ0) is 12.7. The Morgan fingerprint density at radius 1 is 1.47 bits per heavy atom. The molecule has 0 aliphatic carbocycles. The molecule has 0 spiro atoms. The topological polar surface area (TPSA) is 45.5 Å². The highest BCUT2D eigenvalue weighted by Crippen LogP contribution is 2.24. The summed E-state index contributed by atoms with van der Waals surface area (Å²) in [6.45, 7) is 6.11. The monoisotopic (exact) mass is 232 g/mol. The molecule has 0 aliphatic rings. The molecule has 3 heteroatoms. The first-order chi connectivity index (χ1) is 8.19. The van der Waals surface area contributed by atoms with Crippen LogP contribution in [0.2, 0.25) is 0 Å². The molecule has 1 rings (SSSR count). The van der Waals surface area contributed by atoms with Crippen LogP contribution >= 0.6 is 0 Å².